The monoisotopic (exact) mass is 505 g/mol. The van der Waals surface area contributed by atoms with Crippen molar-refractivity contribution in [3.05, 3.63) is 53.1 Å². The second-order valence-corrected chi connectivity index (χ2v) is 12.0. The zero-order chi connectivity index (χ0) is 25.6. The number of halogens is 1. The first-order chi connectivity index (χ1) is 16.4. The molecule has 1 amide bonds. The van der Waals surface area contributed by atoms with Gasteiger partial charge in [-0.2, -0.15) is 10.6 Å². The molecule has 0 saturated carbocycles. The van der Waals surface area contributed by atoms with E-state index in [4.69, 9.17) is 10.1 Å². The number of piperidine rings is 1. The summed E-state index contributed by atoms with van der Waals surface area (Å²) < 4.78 is 41.7. The molecule has 9 nitrogen and oxygen atoms in total. The number of aryl methyl sites for hydroxylation is 1. The number of pyridine rings is 1. The Kier molecular flexibility index (Phi) is 6.56. The maximum atomic E-state index is 15.1. The molecule has 0 aliphatic carbocycles. The van der Waals surface area contributed by atoms with Crippen LogP contribution < -0.4 is 15.4 Å². The van der Waals surface area contributed by atoms with Gasteiger partial charge in [-0.05, 0) is 63.6 Å². The largest absolute Gasteiger partial charge is 0.495 e. The number of anilines is 1. The molecule has 3 heterocycles. The number of hydrogen-bond donors (Lipinski definition) is 5. The minimum Gasteiger partial charge on any atom is -0.495 e. The van der Waals surface area contributed by atoms with Crippen LogP contribution in [0.1, 0.15) is 41.4 Å². The number of nitrogens with one attached hydrogen (secondary N) is 3. The Balaban J connectivity index is 1.61. The fourth-order valence-corrected chi connectivity index (χ4v) is 7.47. The van der Waals surface area contributed by atoms with Crippen LogP contribution in [0, 0.1) is 18.2 Å². The number of ether oxygens (including phenoxy) is 1. The van der Waals surface area contributed by atoms with Crippen molar-refractivity contribution >= 4 is 28.0 Å². The summed E-state index contributed by atoms with van der Waals surface area (Å²) in [6, 6.07) is 5.82. The Hall–Kier alpha value is -2.73. The molecule has 2 saturated heterocycles. The first-order valence-corrected chi connectivity index (χ1v) is 13.1. The van der Waals surface area contributed by atoms with E-state index in [0.29, 0.717) is 42.9 Å². The van der Waals surface area contributed by atoms with Crippen LogP contribution in [-0.4, -0.2) is 68.5 Å². The molecule has 1 aromatic carbocycles. The lowest BCUT2D eigenvalue weighted by molar-refractivity contribution is 0.102. The number of amides is 1. The van der Waals surface area contributed by atoms with E-state index in [1.54, 1.807) is 19.9 Å². The van der Waals surface area contributed by atoms with Crippen LogP contribution in [0.3, 0.4) is 0 Å². The highest BCUT2D eigenvalue weighted by atomic mass is 32.3. The highest BCUT2D eigenvalue weighted by Crippen LogP contribution is 2.62. The molecule has 0 radical (unpaired) electrons. The number of benzene rings is 1. The number of nitrogens with zero attached hydrogens (tertiary/aromatic N) is 2. The van der Waals surface area contributed by atoms with Gasteiger partial charge in [0.1, 0.15) is 27.8 Å². The Morgan fingerprint density at radius 2 is 2.00 bits per heavy atom. The third kappa shape index (κ3) is 4.49. The summed E-state index contributed by atoms with van der Waals surface area (Å²) in [6.45, 7) is 4.68. The van der Waals surface area contributed by atoms with E-state index in [-0.39, 0.29) is 22.8 Å². The molecular formula is C24H32FN5O4S. The Morgan fingerprint density at radius 3 is 2.60 bits per heavy atom. The van der Waals surface area contributed by atoms with E-state index in [1.807, 2.05) is 7.05 Å². The number of likely N-dealkylation sites (tertiary alicyclic amines) is 1. The van der Waals surface area contributed by atoms with Gasteiger partial charge in [-0.25, -0.2) is 9.37 Å². The Morgan fingerprint density at radius 1 is 1.31 bits per heavy atom. The third-order valence-corrected chi connectivity index (χ3v) is 9.93. The van der Waals surface area contributed by atoms with Crippen LogP contribution in [0.25, 0.3) is 0 Å². The number of carbonyl (C=O) groups is 1. The van der Waals surface area contributed by atoms with Crippen molar-refractivity contribution in [2.45, 2.75) is 37.0 Å². The molecule has 11 heteroatoms. The molecule has 1 atom stereocenters. The van der Waals surface area contributed by atoms with Gasteiger partial charge in [0.15, 0.2) is 0 Å². The van der Waals surface area contributed by atoms with Crippen molar-refractivity contribution in [3.8, 4) is 5.75 Å². The van der Waals surface area contributed by atoms with E-state index < -0.39 is 32.6 Å². The van der Waals surface area contributed by atoms with Crippen LogP contribution in [0.4, 0.5) is 10.1 Å². The maximum Gasteiger partial charge on any atom is 0.274 e. The molecular weight excluding hydrogens is 473 g/mol. The molecule has 1 aromatic heterocycles. The van der Waals surface area contributed by atoms with Gasteiger partial charge in [0, 0.05) is 24.3 Å². The van der Waals surface area contributed by atoms with Crippen molar-refractivity contribution in [1.82, 2.24) is 15.2 Å². The summed E-state index contributed by atoms with van der Waals surface area (Å²) >= 11 is 0. The van der Waals surface area contributed by atoms with E-state index in [2.05, 4.69) is 20.5 Å². The topological polar surface area (TPSA) is 131 Å². The van der Waals surface area contributed by atoms with Gasteiger partial charge in [0.05, 0.1) is 24.6 Å². The molecule has 4 rings (SSSR count). The lowest BCUT2D eigenvalue weighted by Crippen LogP contribution is -2.66. The molecule has 0 unspecified atom stereocenters. The molecule has 0 bridgehead atoms. The summed E-state index contributed by atoms with van der Waals surface area (Å²) in [5, 5.41) is 14.6. The van der Waals surface area contributed by atoms with Crippen LogP contribution in [0.5, 0.6) is 5.75 Å². The van der Waals surface area contributed by atoms with Gasteiger partial charge in [-0.15, -0.1) is 0 Å². The summed E-state index contributed by atoms with van der Waals surface area (Å²) in [6.07, 6.45) is 2.33. The van der Waals surface area contributed by atoms with E-state index in [9.17, 15) is 13.9 Å². The van der Waals surface area contributed by atoms with Gasteiger partial charge < -0.3 is 20.3 Å². The van der Waals surface area contributed by atoms with Gasteiger partial charge in [-0.1, -0.05) is 0 Å². The Labute approximate surface area is 205 Å². The average Bonchev–Trinajstić information content (AvgIpc) is 2.79. The van der Waals surface area contributed by atoms with Crippen molar-refractivity contribution in [2.75, 3.05) is 38.3 Å². The maximum absolute atomic E-state index is 15.1. The first kappa shape index (κ1) is 25.4. The summed E-state index contributed by atoms with van der Waals surface area (Å²) in [4.78, 5) is 19.1. The standard InChI is InChI=1S/C24H32FN5O4S/c1-15-11-17(34-4)13-27-20(15)21(31)28-16-5-6-19(25)18(12-16)23(2)14-35(32,33)24(22(26)29-23)7-9-30(3)10-8-24/h5-6,11-13,32-33H,7-10,14H2,1-4H3,(H2,26,29)(H,28,31)/t23-/m0/s1. The predicted octanol–water partition coefficient (Wildman–Crippen LogP) is 3.80. The van der Waals surface area contributed by atoms with Gasteiger partial charge >= 0.3 is 0 Å². The molecule has 1 spiro atoms. The van der Waals surface area contributed by atoms with Gasteiger partial charge in [0.2, 0.25) is 0 Å². The summed E-state index contributed by atoms with van der Waals surface area (Å²) in [5.74, 6) is -0.625. The van der Waals surface area contributed by atoms with Crippen LogP contribution in [-0.2, 0) is 5.54 Å². The fourth-order valence-electron chi connectivity index (χ4n) is 4.95. The van der Waals surface area contributed by atoms with Crippen molar-refractivity contribution in [1.29, 1.82) is 5.41 Å². The second-order valence-electron chi connectivity index (χ2n) is 9.63. The van der Waals surface area contributed by atoms with Crippen LogP contribution in [0.2, 0.25) is 0 Å². The second kappa shape index (κ2) is 9.05. The van der Waals surface area contributed by atoms with Crippen molar-refractivity contribution in [2.24, 2.45) is 0 Å². The fraction of sp³-hybridized carbons (Fsp3) is 0.458. The van der Waals surface area contributed by atoms with E-state index in [0.717, 1.165) is 0 Å². The normalized spacial score (nSPS) is 24.5. The quantitative estimate of drug-likeness (QED) is 0.427. The molecule has 5 N–H and O–H groups in total. The molecule has 35 heavy (non-hydrogen) atoms. The highest BCUT2D eigenvalue weighted by Gasteiger charge is 2.56. The number of carbonyl (C=O) groups excluding carboxylic acids is 1. The molecule has 2 aromatic rings. The third-order valence-electron chi connectivity index (χ3n) is 7.09. The first-order valence-electron chi connectivity index (χ1n) is 11.3. The minimum atomic E-state index is -3.27. The summed E-state index contributed by atoms with van der Waals surface area (Å²) in [5.41, 5.74) is 0.0508. The zero-order valence-electron chi connectivity index (χ0n) is 20.3. The SMILES string of the molecule is COc1cnc(C(=O)Nc2ccc(F)c([C@]3(C)CS(O)(O)C4(CCN(C)CC4)C(=N)N3)c2)c(C)c1. The minimum absolute atomic E-state index is 0.0197. The van der Waals surface area contributed by atoms with Crippen molar-refractivity contribution in [3.63, 3.8) is 0 Å². The number of amidine groups is 1. The lowest BCUT2D eigenvalue weighted by atomic mass is 9.88. The van der Waals surface area contributed by atoms with Crippen molar-refractivity contribution < 1.29 is 23.0 Å². The molecule has 190 valence electrons. The highest BCUT2D eigenvalue weighted by molar-refractivity contribution is 8.26. The number of aromatic nitrogens is 1. The Bertz CT molecular complexity index is 1170. The number of rotatable bonds is 4. The van der Waals surface area contributed by atoms with E-state index >= 15 is 4.39 Å². The average molecular weight is 506 g/mol. The molecule has 2 aliphatic heterocycles. The zero-order valence-corrected chi connectivity index (χ0v) is 21.1. The lowest BCUT2D eigenvalue weighted by Gasteiger charge is -2.60. The van der Waals surface area contributed by atoms with E-state index in [1.165, 1.54) is 31.5 Å². The van der Waals surface area contributed by atoms with Crippen LogP contribution in [0.15, 0.2) is 30.5 Å². The predicted molar refractivity (Wildman–Crippen MR) is 135 cm³/mol. The molecule has 2 fully saturated rings. The van der Waals surface area contributed by atoms with Gasteiger partial charge in [-0.3, -0.25) is 19.3 Å². The van der Waals surface area contributed by atoms with Crippen LogP contribution >= 0.6 is 10.6 Å². The van der Waals surface area contributed by atoms with Gasteiger partial charge in [0.25, 0.3) is 5.91 Å². The number of hydrogen-bond acceptors (Lipinski definition) is 7. The smallest absolute Gasteiger partial charge is 0.274 e. The summed E-state index contributed by atoms with van der Waals surface area (Å²) in [7, 11) is 0.200. The molecule has 2 aliphatic rings. The number of methoxy groups -OCH3 is 1.